The van der Waals surface area contributed by atoms with Crippen molar-refractivity contribution in [1.82, 2.24) is 0 Å². The molecule has 0 aliphatic heterocycles. The summed E-state index contributed by atoms with van der Waals surface area (Å²) >= 11 is 5.76. The molecule has 0 aliphatic carbocycles. The van der Waals surface area contributed by atoms with Crippen molar-refractivity contribution in [3.63, 3.8) is 0 Å². The third kappa shape index (κ3) is 3.72. The van der Waals surface area contributed by atoms with Crippen molar-refractivity contribution in [2.75, 3.05) is 0 Å². The van der Waals surface area contributed by atoms with Crippen LogP contribution in [0.5, 0.6) is 0 Å². The Hall–Kier alpha value is -1.35. The zero-order valence-electron chi connectivity index (χ0n) is 8.66. The zero-order valence-corrected chi connectivity index (χ0v) is 9.41. The van der Waals surface area contributed by atoms with E-state index in [1.54, 1.807) is 12.1 Å². The fourth-order valence-corrected chi connectivity index (χ4v) is 1.21. The van der Waals surface area contributed by atoms with Crippen molar-refractivity contribution in [2.45, 2.75) is 20.3 Å². The van der Waals surface area contributed by atoms with Gasteiger partial charge in [-0.05, 0) is 24.1 Å². The van der Waals surface area contributed by atoms with E-state index in [9.17, 15) is 4.79 Å². The van der Waals surface area contributed by atoms with Gasteiger partial charge < -0.3 is 4.84 Å². The van der Waals surface area contributed by atoms with Crippen molar-refractivity contribution in [3.05, 3.63) is 34.9 Å². The maximum atomic E-state index is 10.6. The molecule has 0 bridgehead atoms. The molecule has 3 nitrogen and oxygen atoms in total. The first-order chi connectivity index (χ1) is 7.13. The Balaban J connectivity index is 2.87. The number of hydrogen-bond donors (Lipinski definition) is 0. The average Bonchev–Trinajstić information content (AvgIpc) is 2.21. The summed E-state index contributed by atoms with van der Waals surface area (Å²) in [4.78, 5) is 15.2. The quantitative estimate of drug-likeness (QED) is 0.451. The Morgan fingerprint density at radius 1 is 1.40 bits per heavy atom. The normalized spacial score (nSPS) is 11.3. The molecular formula is C11H12ClNO2. The lowest BCUT2D eigenvalue weighted by atomic mass is 10.1. The van der Waals surface area contributed by atoms with Gasteiger partial charge in [-0.1, -0.05) is 35.8 Å². The first kappa shape index (κ1) is 11.7. The Kier molecular flexibility index (Phi) is 4.31. The van der Waals surface area contributed by atoms with Crippen LogP contribution in [0.1, 0.15) is 25.8 Å². The van der Waals surface area contributed by atoms with E-state index >= 15 is 0 Å². The topological polar surface area (TPSA) is 38.7 Å². The highest BCUT2D eigenvalue weighted by Crippen LogP contribution is 2.11. The number of carbonyl (C=O) groups is 1. The molecule has 0 spiro atoms. The molecule has 0 N–H and O–H groups in total. The van der Waals surface area contributed by atoms with Crippen LogP contribution in [0.25, 0.3) is 0 Å². The lowest BCUT2D eigenvalue weighted by Crippen LogP contribution is -2.02. The van der Waals surface area contributed by atoms with Gasteiger partial charge in [-0.15, -0.1) is 0 Å². The fraction of sp³-hybridized carbons (Fsp3) is 0.273. The van der Waals surface area contributed by atoms with Crippen molar-refractivity contribution in [3.8, 4) is 0 Å². The maximum absolute atomic E-state index is 10.6. The van der Waals surface area contributed by atoms with E-state index in [4.69, 9.17) is 11.6 Å². The SMILES string of the molecule is CC/C(=N\OC(C)=O)c1ccc(Cl)cc1. The van der Waals surface area contributed by atoms with Crippen LogP contribution in [-0.4, -0.2) is 11.7 Å². The third-order valence-corrected chi connectivity index (χ3v) is 2.05. The van der Waals surface area contributed by atoms with Gasteiger partial charge >= 0.3 is 5.97 Å². The van der Waals surface area contributed by atoms with E-state index in [2.05, 4.69) is 9.99 Å². The molecule has 1 aromatic rings. The van der Waals surface area contributed by atoms with E-state index in [0.717, 1.165) is 11.3 Å². The van der Waals surface area contributed by atoms with Crippen LogP contribution >= 0.6 is 11.6 Å². The molecule has 0 saturated heterocycles. The van der Waals surface area contributed by atoms with E-state index in [1.807, 2.05) is 19.1 Å². The van der Waals surface area contributed by atoms with Crippen molar-refractivity contribution in [1.29, 1.82) is 0 Å². The Morgan fingerprint density at radius 2 is 2.00 bits per heavy atom. The van der Waals surface area contributed by atoms with Crippen molar-refractivity contribution >= 4 is 23.3 Å². The summed E-state index contributed by atoms with van der Waals surface area (Å²) in [6, 6.07) is 7.23. The van der Waals surface area contributed by atoms with Gasteiger partial charge in [0.15, 0.2) is 0 Å². The van der Waals surface area contributed by atoms with E-state index < -0.39 is 5.97 Å². The van der Waals surface area contributed by atoms with Crippen LogP contribution in [0.3, 0.4) is 0 Å². The highest BCUT2D eigenvalue weighted by molar-refractivity contribution is 6.30. The number of nitrogens with zero attached hydrogens (tertiary/aromatic N) is 1. The van der Waals surface area contributed by atoms with Gasteiger partial charge in [-0.3, -0.25) is 0 Å². The second kappa shape index (κ2) is 5.51. The van der Waals surface area contributed by atoms with Gasteiger partial charge in [0.25, 0.3) is 0 Å². The predicted octanol–water partition coefficient (Wildman–Crippen LogP) is 3.02. The second-order valence-electron chi connectivity index (χ2n) is 2.98. The summed E-state index contributed by atoms with van der Waals surface area (Å²) in [5.41, 5.74) is 1.63. The minimum atomic E-state index is -0.421. The van der Waals surface area contributed by atoms with Crippen LogP contribution in [0.2, 0.25) is 5.02 Å². The zero-order chi connectivity index (χ0) is 11.3. The molecule has 0 saturated carbocycles. The van der Waals surface area contributed by atoms with Crippen LogP contribution in [0.15, 0.2) is 29.4 Å². The molecule has 0 unspecified atom stereocenters. The number of rotatable bonds is 3. The molecule has 0 aliphatic rings. The Bertz CT molecular complexity index is 371. The number of hydrogen-bond acceptors (Lipinski definition) is 3. The molecule has 4 heteroatoms. The van der Waals surface area contributed by atoms with Gasteiger partial charge in [0.05, 0.1) is 5.71 Å². The van der Waals surface area contributed by atoms with E-state index in [0.29, 0.717) is 11.4 Å². The van der Waals surface area contributed by atoms with Gasteiger partial charge in [0, 0.05) is 11.9 Å². The van der Waals surface area contributed by atoms with Crippen LogP contribution in [-0.2, 0) is 9.63 Å². The lowest BCUT2D eigenvalue weighted by Gasteiger charge is -2.02. The van der Waals surface area contributed by atoms with Crippen LogP contribution < -0.4 is 0 Å². The maximum Gasteiger partial charge on any atom is 0.331 e. The highest BCUT2D eigenvalue weighted by atomic mass is 35.5. The van der Waals surface area contributed by atoms with Crippen molar-refractivity contribution in [2.24, 2.45) is 5.16 Å². The van der Waals surface area contributed by atoms with E-state index in [1.165, 1.54) is 6.92 Å². The monoisotopic (exact) mass is 225 g/mol. The van der Waals surface area contributed by atoms with Gasteiger partial charge in [-0.25, -0.2) is 4.79 Å². The smallest absolute Gasteiger partial charge is 0.318 e. The van der Waals surface area contributed by atoms with Gasteiger partial charge in [-0.2, -0.15) is 0 Å². The van der Waals surface area contributed by atoms with Crippen LogP contribution in [0, 0.1) is 0 Å². The molecule has 0 radical (unpaired) electrons. The van der Waals surface area contributed by atoms with Gasteiger partial charge in [0.2, 0.25) is 0 Å². The number of carbonyl (C=O) groups excluding carboxylic acids is 1. The number of benzene rings is 1. The molecule has 0 fully saturated rings. The van der Waals surface area contributed by atoms with Crippen molar-refractivity contribution < 1.29 is 9.63 Å². The largest absolute Gasteiger partial charge is 0.331 e. The second-order valence-corrected chi connectivity index (χ2v) is 3.42. The molecule has 80 valence electrons. The Labute approximate surface area is 93.7 Å². The summed E-state index contributed by atoms with van der Waals surface area (Å²) < 4.78 is 0. The third-order valence-electron chi connectivity index (χ3n) is 1.80. The predicted molar refractivity (Wildman–Crippen MR) is 60.0 cm³/mol. The number of halogens is 1. The Morgan fingerprint density at radius 3 is 2.47 bits per heavy atom. The van der Waals surface area contributed by atoms with Crippen LogP contribution in [0.4, 0.5) is 0 Å². The summed E-state index contributed by atoms with van der Waals surface area (Å²) in [5.74, 6) is -0.421. The standard InChI is InChI=1S/C11H12ClNO2/c1-3-11(13-15-8(2)14)9-4-6-10(12)7-5-9/h4-7H,3H2,1-2H3/b13-11+. The molecule has 1 aromatic carbocycles. The number of oxime groups is 1. The minimum Gasteiger partial charge on any atom is -0.318 e. The molecule has 15 heavy (non-hydrogen) atoms. The average molecular weight is 226 g/mol. The first-order valence-corrected chi connectivity index (χ1v) is 5.01. The molecule has 0 heterocycles. The summed E-state index contributed by atoms with van der Waals surface area (Å²) in [7, 11) is 0. The highest BCUT2D eigenvalue weighted by Gasteiger charge is 2.02. The van der Waals surface area contributed by atoms with E-state index in [-0.39, 0.29) is 0 Å². The summed E-state index contributed by atoms with van der Waals surface area (Å²) in [6.07, 6.45) is 0.689. The molecular weight excluding hydrogens is 214 g/mol. The molecule has 1 rings (SSSR count). The molecule has 0 aromatic heterocycles. The fourth-order valence-electron chi connectivity index (χ4n) is 1.08. The summed E-state index contributed by atoms with van der Waals surface area (Å²) in [6.45, 7) is 3.26. The van der Waals surface area contributed by atoms with Gasteiger partial charge in [0.1, 0.15) is 0 Å². The molecule has 0 atom stereocenters. The molecule has 0 amide bonds. The minimum absolute atomic E-state index is 0.421. The first-order valence-electron chi connectivity index (χ1n) is 4.64. The lowest BCUT2D eigenvalue weighted by molar-refractivity contribution is -0.140. The summed E-state index contributed by atoms with van der Waals surface area (Å²) in [5, 5.41) is 4.43.